The molecular formula is C14H19FN2. The van der Waals surface area contributed by atoms with Gasteiger partial charge in [0.15, 0.2) is 0 Å². The average Bonchev–Trinajstić information content (AvgIpc) is 2.29. The van der Waals surface area contributed by atoms with Crippen molar-refractivity contribution in [1.82, 2.24) is 0 Å². The van der Waals surface area contributed by atoms with Crippen molar-refractivity contribution in [3.05, 3.63) is 47.4 Å². The summed E-state index contributed by atoms with van der Waals surface area (Å²) in [4.78, 5) is 0. The Hall–Kier alpha value is -1.77. The minimum atomic E-state index is -0.281. The smallest absolute Gasteiger partial charge is 0.146 e. The molecule has 0 saturated heterocycles. The second kappa shape index (κ2) is 5.53. The maximum absolute atomic E-state index is 13.6. The minimum absolute atomic E-state index is 0.281. The Morgan fingerprint density at radius 2 is 2.12 bits per heavy atom. The quantitative estimate of drug-likeness (QED) is 0.782. The summed E-state index contributed by atoms with van der Waals surface area (Å²) in [6.45, 7) is 7.83. The molecule has 1 rings (SSSR count). The van der Waals surface area contributed by atoms with E-state index in [0.29, 0.717) is 5.69 Å². The maximum Gasteiger partial charge on any atom is 0.146 e. The number of benzene rings is 1. The van der Waals surface area contributed by atoms with Gasteiger partial charge in [0.05, 0.1) is 5.69 Å². The van der Waals surface area contributed by atoms with Crippen LogP contribution in [0.1, 0.15) is 25.8 Å². The molecule has 0 aliphatic carbocycles. The number of halogens is 1. The van der Waals surface area contributed by atoms with Crippen LogP contribution < -0.4 is 11.1 Å². The van der Waals surface area contributed by atoms with Gasteiger partial charge < -0.3 is 11.1 Å². The zero-order valence-corrected chi connectivity index (χ0v) is 10.6. The minimum Gasteiger partial charge on any atom is -0.402 e. The second-order valence-corrected chi connectivity index (χ2v) is 3.94. The molecule has 0 heterocycles. The van der Waals surface area contributed by atoms with Crippen molar-refractivity contribution in [1.29, 1.82) is 0 Å². The van der Waals surface area contributed by atoms with E-state index in [1.54, 1.807) is 13.1 Å². The van der Waals surface area contributed by atoms with Crippen LogP contribution in [0.3, 0.4) is 0 Å². The zero-order chi connectivity index (χ0) is 13.0. The lowest BCUT2D eigenvalue weighted by atomic mass is 9.96. The normalized spacial score (nSPS) is 12.0. The van der Waals surface area contributed by atoms with Crippen LogP contribution in [0.5, 0.6) is 0 Å². The molecule has 1 aromatic carbocycles. The third kappa shape index (κ3) is 2.87. The van der Waals surface area contributed by atoms with Gasteiger partial charge in [0.25, 0.3) is 0 Å². The van der Waals surface area contributed by atoms with Crippen molar-refractivity contribution < 1.29 is 4.39 Å². The van der Waals surface area contributed by atoms with Crippen LogP contribution in [-0.2, 0) is 0 Å². The molecule has 0 spiro atoms. The number of anilines is 1. The van der Waals surface area contributed by atoms with Crippen molar-refractivity contribution in [2.75, 3.05) is 12.4 Å². The fourth-order valence-electron chi connectivity index (χ4n) is 1.81. The Morgan fingerprint density at radius 1 is 1.47 bits per heavy atom. The van der Waals surface area contributed by atoms with Crippen LogP contribution in [0.15, 0.2) is 36.0 Å². The van der Waals surface area contributed by atoms with Gasteiger partial charge in [-0.1, -0.05) is 19.6 Å². The highest BCUT2D eigenvalue weighted by molar-refractivity contribution is 5.78. The molecule has 92 valence electrons. The molecule has 0 atom stereocenters. The molecule has 0 amide bonds. The first-order valence-corrected chi connectivity index (χ1v) is 5.63. The van der Waals surface area contributed by atoms with Gasteiger partial charge in [-0.25, -0.2) is 4.39 Å². The number of nitrogens with one attached hydrogen (secondary N) is 1. The van der Waals surface area contributed by atoms with E-state index in [1.807, 2.05) is 19.9 Å². The van der Waals surface area contributed by atoms with Gasteiger partial charge in [0.2, 0.25) is 0 Å². The molecule has 2 nitrogen and oxygen atoms in total. The van der Waals surface area contributed by atoms with Gasteiger partial charge in [0.1, 0.15) is 5.82 Å². The summed E-state index contributed by atoms with van der Waals surface area (Å²) in [5, 5.41) is 2.79. The van der Waals surface area contributed by atoms with E-state index in [0.717, 1.165) is 28.8 Å². The molecule has 0 unspecified atom stereocenters. The number of allylic oxidation sites excluding steroid dienone is 3. The highest BCUT2D eigenvalue weighted by Gasteiger charge is 2.09. The van der Waals surface area contributed by atoms with Gasteiger partial charge in [-0.2, -0.15) is 0 Å². The van der Waals surface area contributed by atoms with Gasteiger partial charge in [-0.15, -0.1) is 0 Å². The topological polar surface area (TPSA) is 38.0 Å². The Bertz CT molecular complexity index is 457. The summed E-state index contributed by atoms with van der Waals surface area (Å²) in [5.74, 6) is -0.281. The van der Waals surface area contributed by atoms with E-state index in [9.17, 15) is 4.39 Å². The van der Waals surface area contributed by atoms with Crippen LogP contribution in [0.2, 0.25) is 0 Å². The summed E-state index contributed by atoms with van der Waals surface area (Å²) < 4.78 is 13.6. The van der Waals surface area contributed by atoms with Crippen LogP contribution in [0.25, 0.3) is 5.57 Å². The van der Waals surface area contributed by atoms with Crippen LogP contribution in [-0.4, -0.2) is 7.05 Å². The lowest BCUT2D eigenvalue weighted by molar-refractivity contribution is 0.631. The standard InChI is InChI=1S/C14H19FN2/c1-5-12(10(3)16)9(2)11-6-7-14(17-4)13(15)8-11/h6-8,17H,2,5,16H2,1,3-4H3/b12-10-. The first-order chi connectivity index (χ1) is 8.01. The highest BCUT2D eigenvalue weighted by atomic mass is 19.1. The summed E-state index contributed by atoms with van der Waals surface area (Å²) in [7, 11) is 1.69. The molecule has 17 heavy (non-hydrogen) atoms. The molecule has 0 saturated carbocycles. The number of nitrogens with two attached hydrogens (primary N) is 1. The third-order valence-corrected chi connectivity index (χ3v) is 2.78. The molecule has 3 N–H and O–H groups in total. The van der Waals surface area contributed by atoms with Crippen molar-refractivity contribution in [3.8, 4) is 0 Å². The maximum atomic E-state index is 13.6. The number of hydrogen-bond acceptors (Lipinski definition) is 2. The summed E-state index contributed by atoms with van der Waals surface area (Å²) in [6, 6.07) is 5.03. The van der Waals surface area contributed by atoms with E-state index in [2.05, 4.69) is 11.9 Å². The van der Waals surface area contributed by atoms with E-state index in [-0.39, 0.29) is 5.82 Å². The lowest BCUT2D eigenvalue weighted by Gasteiger charge is -2.12. The van der Waals surface area contributed by atoms with Gasteiger partial charge in [0, 0.05) is 12.7 Å². The molecule has 0 aliphatic heterocycles. The molecule has 0 bridgehead atoms. The number of rotatable bonds is 4. The van der Waals surface area contributed by atoms with Crippen molar-refractivity contribution >= 4 is 11.3 Å². The molecular weight excluding hydrogens is 215 g/mol. The molecule has 0 aliphatic rings. The van der Waals surface area contributed by atoms with E-state index in [4.69, 9.17) is 5.73 Å². The predicted octanol–water partition coefficient (Wildman–Crippen LogP) is 3.52. The molecule has 0 radical (unpaired) electrons. The van der Waals surface area contributed by atoms with Crippen molar-refractivity contribution in [3.63, 3.8) is 0 Å². The van der Waals surface area contributed by atoms with Crippen LogP contribution in [0, 0.1) is 5.82 Å². The molecule has 0 aromatic heterocycles. The Balaban J connectivity index is 3.14. The first-order valence-electron chi connectivity index (χ1n) is 5.63. The number of hydrogen-bond donors (Lipinski definition) is 2. The van der Waals surface area contributed by atoms with Gasteiger partial charge in [-0.3, -0.25) is 0 Å². The van der Waals surface area contributed by atoms with Gasteiger partial charge in [-0.05, 0) is 42.2 Å². The SMILES string of the molecule is C=C(/C(CC)=C(/C)N)c1ccc(NC)c(F)c1. The third-order valence-electron chi connectivity index (χ3n) is 2.78. The Kier molecular flexibility index (Phi) is 4.32. The molecule has 1 aromatic rings. The fourth-order valence-corrected chi connectivity index (χ4v) is 1.81. The summed E-state index contributed by atoms with van der Waals surface area (Å²) >= 11 is 0. The summed E-state index contributed by atoms with van der Waals surface area (Å²) in [5.41, 5.74) is 9.53. The molecule has 0 fully saturated rings. The Morgan fingerprint density at radius 3 is 2.53 bits per heavy atom. The largest absolute Gasteiger partial charge is 0.402 e. The predicted molar refractivity (Wildman–Crippen MR) is 72.2 cm³/mol. The van der Waals surface area contributed by atoms with Crippen LogP contribution >= 0.6 is 0 Å². The monoisotopic (exact) mass is 234 g/mol. The summed E-state index contributed by atoms with van der Waals surface area (Å²) in [6.07, 6.45) is 0.788. The highest BCUT2D eigenvalue weighted by Crippen LogP contribution is 2.27. The fraction of sp³-hybridized carbons (Fsp3) is 0.286. The van der Waals surface area contributed by atoms with E-state index < -0.39 is 0 Å². The van der Waals surface area contributed by atoms with E-state index >= 15 is 0 Å². The van der Waals surface area contributed by atoms with E-state index in [1.165, 1.54) is 6.07 Å². The average molecular weight is 234 g/mol. The second-order valence-electron chi connectivity index (χ2n) is 3.94. The Labute approximate surface area is 102 Å². The zero-order valence-electron chi connectivity index (χ0n) is 10.6. The lowest BCUT2D eigenvalue weighted by Crippen LogP contribution is -2.00. The first kappa shape index (κ1) is 13.3. The van der Waals surface area contributed by atoms with Crippen molar-refractivity contribution in [2.24, 2.45) is 5.73 Å². The molecule has 3 heteroatoms. The van der Waals surface area contributed by atoms with Gasteiger partial charge >= 0.3 is 0 Å². The van der Waals surface area contributed by atoms with Crippen molar-refractivity contribution in [2.45, 2.75) is 20.3 Å². The van der Waals surface area contributed by atoms with Crippen LogP contribution in [0.4, 0.5) is 10.1 Å².